The second-order valence-electron chi connectivity index (χ2n) is 5.46. The number of carboxylic acids is 1. The monoisotopic (exact) mass is 263 g/mol. The van der Waals surface area contributed by atoms with Crippen LogP contribution >= 0.6 is 0 Å². The molecule has 1 saturated carbocycles. The summed E-state index contributed by atoms with van der Waals surface area (Å²) in [5.41, 5.74) is -0.0216. The highest BCUT2D eigenvalue weighted by Crippen LogP contribution is 2.30. The van der Waals surface area contributed by atoms with Crippen LogP contribution in [-0.2, 0) is 0 Å². The van der Waals surface area contributed by atoms with Crippen LogP contribution in [0.1, 0.15) is 49.5 Å². The molecule has 1 aromatic rings. The third kappa shape index (κ3) is 4.19. The van der Waals surface area contributed by atoms with E-state index in [9.17, 15) is 4.79 Å². The van der Waals surface area contributed by atoms with Crippen LogP contribution in [0, 0.1) is 11.8 Å². The molecular formula is C14H21N3O2. The Hall–Kier alpha value is -1.65. The average Bonchev–Trinajstić information content (AvgIpc) is 2.39. The van der Waals surface area contributed by atoms with E-state index in [2.05, 4.69) is 22.4 Å². The van der Waals surface area contributed by atoms with E-state index in [1.807, 2.05) is 0 Å². The minimum Gasteiger partial charge on any atom is -0.476 e. The van der Waals surface area contributed by atoms with Crippen molar-refractivity contribution in [3.63, 3.8) is 0 Å². The van der Waals surface area contributed by atoms with Gasteiger partial charge in [-0.2, -0.15) is 0 Å². The van der Waals surface area contributed by atoms with E-state index in [0.717, 1.165) is 24.8 Å². The van der Waals surface area contributed by atoms with Crippen molar-refractivity contribution in [2.24, 2.45) is 11.8 Å². The molecule has 1 aromatic heterocycles. The Morgan fingerprint density at radius 3 is 2.89 bits per heavy atom. The molecule has 0 radical (unpaired) electrons. The average molecular weight is 263 g/mol. The standard InChI is InChI=1S/C14H21N3O2/c1-10-3-2-4-11(9-10)7-8-15-13-6-5-12(14(18)19)16-17-13/h5-6,10-11H,2-4,7-9H2,1H3,(H,15,17)(H,18,19). The molecule has 0 amide bonds. The lowest BCUT2D eigenvalue weighted by Crippen LogP contribution is -2.17. The van der Waals surface area contributed by atoms with Crippen molar-refractivity contribution in [3.8, 4) is 0 Å². The molecule has 0 saturated heterocycles. The van der Waals surface area contributed by atoms with E-state index in [1.54, 1.807) is 6.07 Å². The van der Waals surface area contributed by atoms with E-state index in [4.69, 9.17) is 5.11 Å². The third-order valence-corrected chi connectivity index (χ3v) is 3.79. The van der Waals surface area contributed by atoms with Gasteiger partial charge in [0.2, 0.25) is 0 Å². The number of carboxylic acid groups (broad SMARTS) is 1. The lowest BCUT2D eigenvalue weighted by molar-refractivity contribution is 0.0689. The molecule has 5 heteroatoms. The highest BCUT2D eigenvalue weighted by molar-refractivity contribution is 5.85. The summed E-state index contributed by atoms with van der Waals surface area (Å²) in [6.07, 6.45) is 6.51. The number of rotatable bonds is 5. The molecule has 1 heterocycles. The van der Waals surface area contributed by atoms with E-state index in [-0.39, 0.29) is 5.69 Å². The summed E-state index contributed by atoms with van der Waals surface area (Å²) >= 11 is 0. The van der Waals surface area contributed by atoms with E-state index < -0.39 is 5.97 Å². The Bertz CT molecular complexity index is 419. The first-order valence-corrected chi connectivity index (χ1v) is 6.96. The number of nitrogens with one attached hydrogen (secondary N) is 1. The van der Waals surface area contributed by atoms with Crippen LogP contribution in [0.25, 0.3) is 0 Å². The van der Waals surface area contributed by atoms with Crippen LogP contribution in [0.5, 0.6) is 0 Å². The molecule has 1 aliphatic carbocycles. The molecule has 0 aromatic carbocycles. The molecule has 2 unspecified atom stereocenters. The summed E-state index contributed by atoms with van der Waals surface area (Å²) < 4.78 is 0. The van der Waals surface area contributed by atoms with Crippen molar-refractivity contribution in [2.75, 3.05) is 11.9 Å². The molecule has 0 aliphatic heterocycles. The number of aromatic carboxylic acids is 1. The van der Waals surface area contributed by atoms with Gasteiger partial charge >= 0.3 is 5.97 Å². The van der Waals surface area contributed by atoms with Gasteiger partial charge in [-0.1, -0.05) is 26.2 Å². The van der Waals surface area contributed by atoms with Gasteiger partial charge < -0.3 is 10.4 Å². The Morgan fingerprint density at radius 1 is 1.42 bits per heavy atom. The Balaban J connectivity index is 1.74. The van der Waals surface area contributed by atoms with Gasteiger partial charge in [0.1, 0.15) is 5.82 Å². The van der Waals surface area contributed by atoms with Crippen LogP contribution in [0.4, 0.5) is 5.82 Å². The molecular weight excluding hydrogens is 242 g/mol. The van der Waals surface area contributed by atoms with Gasteiger partial charge in [0, 0.05) is 6.54 Å². The van der Waals surface area contributed by atoms with Crippen molar-refractivity contribution < 1.29 is 9.90 Å². The summed E-state index contributed by atoms with van der Waals surface area (Å²) in [5, 5.41) is 19.4. The molecule has 1 fully saturated rings. The van der Waals surface area contributed by atoms with Gasteiger partial charge in [-0.05, 0) is 36.8 Å². The first-order valence-electron chi connectivity index (χ1n) is 6.96. The minimum absolute atomic E-state index is 0.0216. The maximum Gasteiger partial charge on any atom is 0.356 e. The third-order valence-electron chi connectivity index (χ3n) is 3.79. The van der Waals surface area contributed by atoms with Crippen molar-refractivity contribution in [2.45, 2.75) is 39.0 Å². The fraction of sp³-hybridized carbons (Fsp3) is 0.643. The van der Waals surface area contributed by atoms with Crippen LogP contribution in [0.3, 0.4) is 0 Å². The second-order valence-corrected chi connectivity index (χ2v) is 5.46. The highest BCUT2D eigenvalue weighted by atomic mass is 16.4. The zero-order chi connectivity index (χ0) is 13.7. The molecule has 0 spiro atoms. The number of anilines is 1. The zero-order valence-corrected chi connectivity index (χ0v) is 11.3. The number of nitrogens with zero attached hydrogens (tertiary/aromatic N) is 2. The van der Waals surface area contributed by atoms with Gasteiger partial charge in [0.25, 0.3) is 0 Å². The smallest absolute Gasteiger partial charge is 0.356 e. The molecule has 2 atom stereocenters. The van der Waals surface area contributed by atoms with Gasteiger partial charge in [-0.25, -0.2) is 4.79 Å². The van der Waals surface area contributed by atoms with Crippen molar-refractivity contribution in [1.82, 2.24) is 10.2 Å². The van der Waals surface area contributed by atoms with E-state index in [0.29, 0.717) is 5.82 Å². The number of hydrogen-bond donors (Lipinski definition) is 2. The maximum absolute atomic E-state index is 10.6. The van der Waals surface area contributed by atoms with Gasteiger partial charge in [0.15, 0.2) is 5.69 Å². The summed E-state index contributed by atoms with van der Waals surface area (Å²) in [7, 11) is 0. The predicted octanol–water partition coefficient (Wildman–Crippen LogP) is 2.80. The molecule has 0 bridgehead atoms. The molecule has 2 rings (SSSR count). The molecule has 1 aliphatic rings. The first-order chi connectivity index (χ1) is 9.15. The van der Waals surface area contributed by atoms with Gasteiger partial charge in [-0.15, -0.1) is 10.2 Å². The summed E-state index contributed by atoms with van der Waals surface area (Å²) in [6, 6.07) is 3.14. The summed E-state index contributed by atoms with van der Waals surface area (Å²) in [4.78, 5) is 10.6. The molecule has 104 valence electrons. The van der Waals surface area contributed by atoms with Crippen LogP contribution in [0.2, 0.25) is 0 Å². The van der Waals surface area contributed by atoms with Gasteiger partial charge in [-0.3, -0.25) is 0 Å². The maximum atomic E-state index is 10.6. The fourth-order valence-corrected chi connectivity index (χ4v) is 2.77. The lowest BCUT2D eigenvalue weighted by Gasteiger charge is -2.26. The van der Waals surface area contributed by atoms with Crippen LogP contribution in [-0.4, -0.2) is 27.8 Å². The van der Waals surface area contributed by atoms with Crippen LogP contribution < -0.4 is 5.32 Å². The van der Waals surface area contributed by atoms with Crippen molar-refractivity contribution >= 4 is 11.8 Å². The zero-order valence-electron chi connectivity index (χ0n) is 11.3. The second kappa shape index (κ2) is 6.50. The van der Waals surface area contributed by atoms with Crippen molar-refractivity contribution in [1.29, 1.82) is 0 Å². The summed E-state index contributed by atoms with van der Waals surface area (Å²) in [5.74, 6) is 1.26. The van der Waals surface area contributed by atoms with E-state index in [1.165, 1.54) is 31.7 Å². The number of aromatic nitrogens is 2. The number of hydrogen-bond acceptors (Lipinski definition) is 4. The first kappa shape index (κ1) is 13.8. The quantitative estimate of drug-likeness (QED) is 0.854. The normalized spacial score (nSPS) is 23.0. The SMILES string of the molecule is CC1CCCC(CCNc2ccc(C(=O)O)nn2)C1. The molecule has 2 N–H and O–H groups in total. The Morgan fingerprint density at radius 2 is 2.26 bits per heavy atom. The largest absolute Gasteiger partial charge is 0.476 e. The molecule has 19 heavy (non-hydrogen) atoms. The Labute approximate surface area is 113 Å². The lowest BCUT2D eigenvalue weighted by atomic mass is 9.81. The topological polar surface area (TPSA) is 75.1 Å². The van der Waals surface area contributed by atoms with Crippen LogP contribution in [0.15, 0.2) is 12.1 Å². The molecule has 5 nitrogen and oxygen atoms in total. The summed E-state index contributed by atoms with van der Waals surface area (Å²) in [6.45, 7) is 3.20. The predicted molar refractivity (Wildman–Crippen MR) is 73.2 cm³/mol. The highest BCUT2D eigenvalue weighted by Gasteiger charge is 2.18. The number of carbonyl (C=O) groups is 1. The minimum atomic E-state index is -1.05. The Kier molecular flexibility index (Phi) is 4.71. The van der Waals surface area contributed by atoms with Crippen molar-refractivity contribution in [3.05, 3.63) is 17.8 Å². The fourth-order valence-electron chi connectivity index (χ4n) is 2.77. The van der Waals surface area contributed by atoms with Gasteiger partial charge in [0.05, 0.1) is 0 Å². The van der Waals surface area contributed by atoms with E-state index >= 15 is 0 Å².